The van der Waals surface area contributed by atoms with E-state index in [1.165, 1.54) is 4.90 Å². The number of fused-ring (bicyclic) bond motifs is 1. The van der Waals surface area contributed by atoms with Crippen molar-refractivity contribution in [3.05, 3.63) is 71.3 Å². The molecule has 2 amide bonds. The van der Waals surface area contributed by atoms with Gasteiger partial charge in [-0.25, -0.2) is 0 Å². The molecular weight excluding hydrogens is 278 g/mol. The van der Waals surface area contributed by atoms with E-state index in [0.717, 1.165) is 5.56 Å². The fraction of sp³-hybridized carbons (Fsp3) is 0.222. The van der Waals surface area contributed by atoms with Gasteiger partial charge < -0.3 is 4.74 Å². The SMILES string of the molecule is O=C1c2ccccc2C(=O)N1CC1(c2ccccc2)COC1. The lowest BCUT2D eigenvalue weighted by Gasteiger charge is -2.43. The molecule has 0 unspecified atom stereocenters. The third-order valence-electron chi connectivity index (χ3n) is 4.48. The van der Waals surface area contributed by atoms with Gasteiger partial charge >= 0.3 is 0 Å². The number of ether oxygens (including phenoxy) is 1. The Kier molecular flexibility index (Phi) is 2.87. The third kappa shape index (κ3) is 1.81. The molecule has 110 valence electrons. The molecule has 0 atom stereocenters. The molecule has 0 aromatic heterocycles. The summed E-state index contributed by atoms with van der Waals surface area (Å²) in [5.41, 5.74) is 1.82. The standard InChI is InChI=1S/C18H15NO3/c20-16-14-8-4-5-9-15(14)17(21)19(16)10-18(11-22-12-18)13-6-2-1-3-7-13/h1-9H,10-12H2. The Morgan fingerprint density at radius 2 is 1.41 bits per heavy atom. The highest BCUT2D eigenvalue weighted by molar-refractivity contribution is 6.21. The van der Waals surface area contributed by atoms with Crippen molar-refractivity contribution in [1.82, 2.24) is 4.90 Å². The van der Waals surface area contributed by atoms with Crippen LogP contribution in [-0.2, 0) is 10.2 Å². The molecule has 0 N–H and O–H groups in total. The van der Waals surface area contributed by atoms with Crippen molar-refractivity contribution in [3.63, 3.8) is 0 Å². The van der Waals surface area contributed by atoms with E-state index in [4.69, 9.17) is 4.74 Å². The van der Waals surface area contributed by atoms with Gasteiger partial charge in [0.1, 0.15) is 0 Å². The number of nitrogens with zero attached hydrogens (tertiary/aromatic N) is 1. The number of carbonyl (C=O) groups is 2. The van der Waals surface area contributed by atoms with E-state index in [1.807, 2.05) is 30.3 Å². The van der Waals surface area contributed by atoms with Crippen LogP contribution in [0.3, 0.4) is 0 Å². The minimum absolute atomic E-state index is 0.206. The predicted molar refractivity (Wildman–Crippen MR) is 80.7 cm³/mol. The fourth-order valence-electron chi connectivity index (χ4n) is 3.17. The van der Waals surface area contributed by atoms with Gasteiger partial charge in [0.05, 0.1) is 29.8 Å². The number of carbonyl (C=O) groups excluding carboxylic acids is 2. The predicted octanol–water partition coefficient (Wildman–Crippen LogP) is 2.25. The van der Waals surface area contributed by atoms with E-state index in [0.29, 0.717) is 30.9 Å². The van der Waals surface area contributed by atoms with Crippen LogP contribution < -0.4 is 0 Å². The van der Waals surface area contributed by atoms with Crippen molar-refractivity contribution in [2.45, 2.75) is 5.41 Å². The number of hydrogen-bond donors (Lipinski definition) is 0. The van der Waals surface area contributed by atoms with E-state index >= 15 is 0 Å². The maximum Gasteiger partial charge on any atom is 0.261 e. The van der Waals surface area contributed by atoms with Gasteiger partial charge in [-0.3, -0.25) is 14.5 Å². The lowest BCUT2D eigenvalue weighted by molar-refractivity contribution is -0.0679. The Balaban J connectivity index is 1.67. The highest BCUT2D eigenvalue weighted by Gasteiger charge is 2.46. The topological polar surface area (TPSA) is 46.6 Å². The van der Waals surface area contributed by atoms with Crippen LogP contribution in [0, 0.1) is 0 Å². The molecule has 2 heterocycles. The zero-order valence-corrected chi connectivity index (χ0v) is 12.0. The van der Waals surface area contributed by atoms with Gasteiger partial charge in [-0.1, -0.05) is 42.5 Å². The van der Waals surface area contributed by atoms with Gasteiger partial charge in [0.25, 0.3) is 11.8 Å². The summed E-state index contributed by atoms with van der Waals surface area (Å²) < 4.78 is 5.40. The second-order valence-electron chi connectivity index (χ2n) is 5.88. The smallest absolute Gasteiger partial charge is 0.261 e. The van der Waals surface area contributed by atoms with Crippen molar-refractivity contribution >= 4 is 11.8 Å². The van der Waals surface area contributed by atoms with Crippen LogP contribution >= 0.6 is 0 Å². The molecule has 1 fully saturated rings. The molecule has 1 saturated heterocycles. The van der Waals surface area contributed by atoms with Gasteiger partial charge in [-0.05, 0) is 17.7 Å². The average Bonchev–Trinajstić information content (AvgIpc) is 2.76. The zero-order valence-electron chi connectivity index (χ0n) is 12.0. The van der Waals surface area contributed by atoms with Crippen LogP contribution in [0.4, 0.5) is 0 Å². The monoisotopic (exact) mass is 293 g/mol. The van der Waals surface area contributed by atoms with Crippen LogP contribution in [0.1, 0.15) is 26.3 Å². The first-order valence-electron chi connectivity index (χ1n) is 7.30. The normalized spacial score (nSPS) is 19.0. The van der Waals surface area contributed by atoms with E-state index in [1.54, 1.807) is 24.3 Å². The van der Waals surface area contributed by atoms with Gasteiger partial charge in [-0.15, -0.1) is 0 Å². The Bertz CT molecular complexity index is 715. The highest BCUT2D eigenvalue weighted by atomic mass is 16.5. The Hall–Kier alpha value is -2.46. The molecule has 2 aromatic rings. The summed E-state index contributed by atoms with van der Waals surface area (Å²) in [7, 11) is 0. The second-order valence-corrected chi connectivity index (χ2v) is 5.88. The lowest BCUT2D eigenvalue weighted by atomic mass is 9.78. The largest absolute Gasteiger partial charge is 0.379 e. The summed E-state index contributed by atoms with van der Waals surface area (Å²) in [5, 5.41) is 0. The quantitative estimate of drug-likeness (QED) is 0.815. The molecule has 0 spiro atoms. The first kappa shape index (κ1) is 13.2. The Morgan fingerprint density at radius 3 is 1.91 bits per heavy atom. The zero-order chi connectivity index (χ0) is 15.2. The van der Waals surface area contributed by atoms with Gasteiger partial charge in [-0.2, -0.15) is 0 Å². The molecular formula is C18H15NO3. The average molecular weight is 293 g/mol. The molecule has 2 aliphatic heterocycles. The van der Waals surface area contributed by atoms with Gasteiger partial charge in [0, 0.05) is 6.54 Å². The van der Waals surface area contributed by atoms with Crippen LogP contribution in [-0.4, -0.2) is 36.5 Å². The van der Waals surface area contributed by atoms with Crippen molar-refractivity contribution < 1.29 is 14.3 Å². The van der Waals surface area contributed by atoms with E-state index < -0.39 is 0 Å². The summed E-state index contributed by atoms with van der Waals surface area (Å²) >= 11 is 0. The molecule has 4 heteroatoms. The maximum atomic E-state index is 12.5. The summed E-state index contributed by atoms with van der Waals surface area (Å²) in [6.45, 7) is 1.43. The third-order valence-corrected chi connectivity index (χ3v) is 4.48. The second kappa shape index (κ2) is 4.78. The van der Waals surface area contributed by atoms with Crippen LogP contribution in [0.15, 0.2) is 54.6 Å². The summed E-state index contributed by atoms with van der Waals surface area (Å²) in [4.78, 5) is 26.4. The molecule has 2 aromatic carbocycles. The Labute approximate surface area is 128 Å². The van der Waals surface area contributed by atoms with E-state index in [-0.39, 0.29) is 17.2 Å². The Morgan fingerprint density at radius 1 is 0.864 bits per heavy atom. The lowest BCUT2D eigenvalue weighted by Crippen LogP contribution is -2.55. The van der Waals surface area contributed by atoms with Gasteiger partial charge in [0.15, 0.2) is 0 Å². The molecule has 4 rings (SSSR count). The van der Waals surface area contributed by atoms with Crippen molar-refractivity contribution in [2.75, 3.05) is 19.8 Å². The minimum atomic E-state index is -0.283. The van der Waals surface area contributed by atoms with Crippen LogP contribution in [0.25, 0.3) is 0 Å². The number of imide groups is 1. The molecule has 0 saturated carbocycles. The number of rotatable bonds is 3. The van der Waals surface area contributed by atoms with E-state index in [9.17, 15) is 9.59 Å². The van der Waals surface area contributed by atoms with Crippen molar-refractivity contribution in [2.24, 2.45) is 0 Å². The summed E-state index contributed by atoms with van der Waals surface area (Å²) in [6.07, 6.45) is 0. The summed E-state index contributed by atoms with van der Waals surface area (Å²) in [6, 6.07) is 16.9. The molecule has 0 aliphatic carbocycles. The molecule has 0 bridgehead atoms. The first-order chi connectivity index (χ1) is 10.7. The highest BCUT2D eigenvalue weighted by Crippen LogP contribution is 2.35. The number of hydrogen-bond acceptors (Lipinski definition) is 3. The molecule has 22 heavy (non-hydrogen) atoms. The van der Waals surface area contributed by atoms with E-state index in [2.05, 4.69) is 0 Å². The van der Waals surface area contributed by atoms with Crippen molar-refractivity contribution in [1.29, 1.82) is 0 Å². The van der Waals surface area contributed by atoms with Crippen LogP contribution in [0.5, 0.6) is 0 Å². The van der Waals surface area contributed by atoms with Crippen LogP contribution in [0.2, 0.25) is 0 Å². The molecule has 2 aliphatic rings. The fourth-order valence-corrected chi connectivity index (χ4v) is 3.17. The number of benzene rings is 2. The molecule has 4 nitrogen and oxygen atoms in total. The minimum Gasteiger partial charge on any atom is -0.379 e. The van der Waals surface area contributed by atoms with Gasteiger partial charge in [0.2, 0.25) is 0 Å². The summed E-state index contributed by atoms with van der Waals surface area (Å²) in [5.74, 6) is -0.411. The van der Waals surface area contributed by atoms with Crippen molar-refractivity contribution in [3.8, 4) is 0 Å². The maximum absolute atomic E-state index is 12.5. The molecule has 0 radical (unpaired) electrons. The number of amides is 2. The first-order valence-corrected chi connectivity index (χ1v) is 7.30.